The van der Waals surface area contributed by atoms with E-state index in [9.17, 15) is 0 Å². The van der Waals surface area contributed by atoms with Crippen molar-refractivity contribution in [1.29, 1.82) is 0 Å². The van der Waals surface area contributed by atoms with Crippen molar-refractivity contribution in [3.63, 3.8) is 0 Å². The summed E-state index contributed by atoms with van der Waals surface area (Å²) in [7, 11) is 0. The van der Waals surface area contributed by atoms with Gasteiger partial charge in [0.1, 0.15) is 16.0 Å². The summed E-state index contributed by atoms with van der Waals surface area (Å²) in [4.78, 5) is 11.6. The highest BCUT2D eigenvalue weighted by atomic mass is 32.1. The van der Waals surface area contributed by atoms with E-state index in [0.717, 1.165) is 71.2 Å². The molecule has 8 aromatic carbocycles. The molecule has 0 radical (unpaired) electrons. The summed E-state index contributed by atoms with van der Waals surface area (Å²) in [5.74, 6) is 0.713. The summed E-state index contributed by atoms with van der Waals surface area (Å²) in [5.41, 5.74) is 14.0. The zero-order valence-electron chi connectivity index (χ0n) is 30.2. The van der Waals surface area contributed by atoms with Gasteiger partial charge in [0.05, 0.1) is 5.69 Å². The maximum absolute atomic E-state index is 6.38. The molecule has 56 heavy (non-hydrogen) atoms. The maximum atomic E-state index is 6.38. The Morgan fingerprint density at radius 3 is 1.70 bits per heavy atom. The Labute approximate surface area is 327 Å². The molecule has 3 aromatic heterocycles. The first kappa shape index (κ1) is 32.3. The number of rotatable bonds is 6. The summed E-state index contributed by atoms with van der Waals surface area (Å²) in [6.07, 6.45) is 0. The number of fused-ring (bicyclic) bond motifs is 6. The van der Waals surface area contributed by atoms with Crippen molar-refractivity contribution in [2.45, 2.75) is 0 Å². The predicted octanol–water partition coefficient (Wildman–Crippen LogP) is 14.7. The van der Waals surface area contributed by atoms with Gasteiger partial charge in [0.25, 0.3) is 0 Å². The lowest BCUT2D eigenvalue weighted by molar-refractivity contribution is 0.670. The van der Waals surface area contributed by atoms with Gasteiger partial charge in [-0.2, -0.15) is 0 Å². The fourth-order valence-electron chi connectivity index (χ4n) is 7.95. The molecular formula is C52H32N2OS. The van der Waals surface area contributed by atoms with E-state index in [1.807, 2.05) is 12.1 Å². The largest absolute Gasteiger partial charge is 0.455 e. The Balaban J connectivity index is 0.978. The van der Waals surface area contributed by atoms with Gasteiger partial charge in [-0.3, -0.25) is 0 Å². The van der Waals surface area contributed by atoms with E-state index >= 15 is 0 Å². The van der Waals surface area contributed by atoms with E-state index in [4.69, 9.17) is 14.4 Å². The smallest absolute Gasteiger partial charge is 0.161 e. The molecule has 0 unspecified atom stereocenters. The van der Waals surface area contributed by atoms with E-state index < -0.39 is 0 Å². The van der Waals surface area contributed by atoms with E-state index in [1.165, 1.54) is 32.3 Å². The van der Waals surface area contributed by atoms with Gasteiger partial charge in [-0.25, -0.2) is 9.97 Å². The van der Waals surface area contributed by atoms with Crippen LogP contribution in [0.15, 0.2) is 199 Å². The summed E-state index contributed by atoms with van der Waals surface area (Å²) in [6, 6.07) is 68.6. The third-order valence-electron chi connectivity index (χ3n) is 10.8. The number of para-hydroxylation sites is 2. The van der Waals surface area contributed by atoms with Crippen LogP contribution in [0.3, 0.4) is 0 Å². The second-order valence-corrected chi connectivity index (χ2v) is 15.2. The number of hydrogen-bond acceptors (Lipinski definition) is 4. The van der Waals surface area contributed by atoms with Crippen molar-refractivity contribution in [1.82, 2.24) is 9.97 Å². The van der Waals surface area contributed by atoms with Crippen molar-refractivity contribution in [3.05, 3.63) is 194 Å². The molecular weight excluding hydrogens is 701 g/mol. The standard InChI is InChI=1S/C52H32N2OS/c1-2-11-33(12-3-1)34-23-25-35(26-24-34)38-13-8-14-39(31-38)40-15-9-16-41(32-40)51-53-49(48-45-18-5-7-22-47(45)56-52(48)54-51)37-29-27-36(28-30-37)42-19-10-20-44-43-17-4-6-21-46(43)55-50(42)44/h1-32H. The minimum Gasteiger partial charge on any atom is -0.455 e. The summed E-state index contributed by atoms with van der Waals surface area (Å²) >= 11 is 1.72. The molecule has 0 spiro atoms. The number of benzene rings is 8. The van der Waals surface area contributed by atoms with Crippen LogP contribution in [-0.2, 0) is 0 Å². The lowest BCUT2D eigenvalue weighted by Gasteiger charge is -2.11. The molecule has 0 aliphatic heterocycles. The van der Waals surface area contributed by atoms with Gasteiger partial charge in [0.15, 0.2) is 5.82 Å². The molecule has 262 valence electrons. The number of nitrogens with zero attached hydrogens (tertiary/aromatic N) is 2. The monoisotopic (exact) mass is 732 g/mol. The molecule has 3 nitrogen and oxygen atoms in total. The number of aromatic nitrogens is 2. The summed E-state index contributed by atoms with van der Waals surface area (Å²) < 4.78 is 7.58. The Hall–Kier alpha value is -7.14. The molecule has 11 rings (SSSR count). The highest BCUT2D eigenvalue weighted by Gasteiger charge is 2.18. The molecule has 3 heterocycles. The third kappa shape index (κ3) is 5.58. The first-order chi connectivity index (χ1) is 27.7. The number of thiophene rings is 1. The molecule has 0 saturated heterocycles. The first-order valence-electron chi connectivity index (χ1n) is 18.8. The molecule has 0 atom stereocenters. The van der Waals surface area contributed by atoms with E-state index in [-0.39, 0.29) is 0 Å². The predicted molar refractivity (Wildman–Crippen MR) is 235 cm³/mol. The first-order valence-corrected chi connectivity index (χ1v) is 19.6. The van der Waals surface area contributed by atoms with Gasteiger partial charge in [-0.05, 0) is 63.2 Å². The zero-order chi connectivity index (χ0) is 37.0. The molecule has 0 aliphatic rings. The van der Waals surface area contributed by atoms with Crippen LogP contribution in [-0.4, -0.2) is 9.97 Å². The Morgan fingerprint density at radius 1 is 0.375 bits per heavy atom. The molecule has 0 N–H and O–H groups in total. The van der Waals surface area contributed by atoms with E-state index in [0.29, 0.717) is 5.82 Å². The van der Waals surface area contributed by atoms with Crippen LogP contribution in [0.5, 0.6) is 0 Å². The van der Waals surface area contributed by atoms with Crippen LogP contribution >= 0.6 is 11.3 Å². The minimum atomic E-state index is 0.713. The van der Waals surface area contributed by atoms with Crippen molar-refractivity contribution in [2.24, 2.45) is 0 Å². The van der Waals surface area contributed by atoms with Gasteiger partial charge in [0.2, 0.25) is 0 Å². The van der Waals surface area contributed by atoms with Gasteiger partial charge >= 0.3 is 0 Å². The van der Waals surface area contributed by atoms with Crippen molar-refractivity contribution >= 4 is 53.6 Å². The Kier molecular flexibility index (Phi) is 7.68. The average Bonchev–Trinajstić information content (AvgIpc) is 3.85. The fraction of sp³-hybridized carbons (Fsp3) is 0. The van der Waals surface area contributed by atoms with Gasteiger partial charge in [-0.1, -0.05) is 170 Å². The fourth-order valence-corrected chi connectivity index (χ4v) is 9.02. The lowest BCUT2D eigenvalue weighted by Crippen LogP contribution is -1.94. The minimum absolute atomic E-state index is 0.713. The van der Waals surface area contributed by atoms with Crippen molar-refractivity contribution in [2.75, 3.05) is 0 Å². The van der Waals surface area contributed by atoms with E-state index in [2.05, 4.69) is 182 Å². The Morgan fingerprint density at radius 2 is 0.911 bits per heavy atom. The van der Waals surface area contributed by atoms with Crippen LogP contribution in [0, 0.1) is 0 Å². The number of hydrogen-bond donors (Lipinski definition) is 0. The Bertz CT molecular complexity index is 3230. The third-order valence-corrected chi connectivity index (χ3v) is 11.8. The second-order valence-electron chi connectivity index (χ2n) is 14.1. The van der Waals surface area contributed by atoms with Crippen LogP contribution in [0.25, 0.3) is 109 Å². The van der Waals surface area contributed by atoms with Crippen LogP contribution in [0.1, 0.15) is 0 Å². The molecule has 0 aliphatic carbocycles. The van der Waals surface area contributed by atoms with Gasteiger partial charge in [-0.15, -0.1) is 11.3 Å². The number of furan rings is 1. The molecule has 0 amide bonds. The van der Waals surface area contributed by atoms with Crippen LogP contribution in [0.4, 0.5) is 0 Å². The summed E-state index contributed by atoms with van der Waals surface area (Å²) in [5, 5.41) is 4.52. The normalized spacial score (nSPS) is 11.6. The highest BCUT2D eigenvalue weighted by Crippen LogP contribution is 2.41. The van der Waals surface area contributed by atoms with Gasteiger partial charge in [0, 0.05) is 42.9 Å². The molecule has 0 saturated carbocycles. The molecule has 4 heteroatoms. The van der Waals surface area contributed by atoms with Crippen molar-refractivity contribution < 1.29 is 4.42 Å². The van der Waals surface area contributed by atoms with Crippen LogP contribution < -0.4 is 0 Å². The zero-order valence-corrected chi connectivity index (χ0v) is 31.0. The van der Waals surface area contributed by atoms with E-state index in [1.54, 1.807) is 11.3 Å². The van der Waals surface area contributed by atoms with Crippen molar-refractivity contribution in [3.8, 4) is 67.2 Å². The molecule has 0 fully saturated rings. The topological polar surface area (TPSA) is 38.9 Å². The maximum Gasteiger partial charge on any atom is 0.161 e. The van der Waals surface area contributed by atoms with Crippen LogP contribution in [0.2, 0.25) is 0 Å². The van der Waals surface area contributed by atoms with Gasteiger partial charge < -0.3 is 4.42 Å². The SMILES string of the molecule is c1ccc(-c2ccc(-c3cccc(-c4cccc(-c5nc(-c6ccc(-c7cccc8c7oc7ccccc78)cc6)c6c(n5)sc5ccccc56)c4)c3)cc2)cc1. The lowest BCUT2D eigenvalue weighted by atomic mass is 9.96. The quantitative estimate of drug-likeness (QED) is 0.171. The molecule has 0 bridgehead atoms. The average molecular weight is 733 g/mol. The molecule has 11 aromatic rings. The summed E-state index contributed by atoms with van der Waals surface area (Å²) in [6.45, 7) is 0. The second kappa shape index (κ2) is 13.3. The highest BCUT2D eigenvalue weighted by molar-refractivity contribution is 7.25.